The second-order valence-corrected chi connectivity index (χ2v) is 6.88. The molecule has 0 fully saturated rings. The molecule has 1 atom stereocenters. The van der Waals surface area contributed by atoms with Gasteiger partial charge in [-0.3, -0.25) is 9.79 Å². The zero-order chi connectivity index (χ0) is 17.3. The Kier molecular flexibility index (Phi) is 4.18. The van der Waals surface area contributed by atoms with Crippen molar-refractivity contribution in [3.05, 3.63) is 53.6 Å². The lowest BCUT2D eigenvalue weighted by molar-refractivity contribution is -0.115. The standard InChI is InChI=1S/C16H15N3O4S/c17-24(22,23)12-6-4-11(5-7-12)18-8-13-15-10(9-20)2-1-3-14(15)19-16(13)21/h1-8,13,20H,9H2,(H,19,21)(H2,17,22,23). The molecule has 1 aliphatic rings. The van der Waals surface area contributed by atoms with E-state index in [2.05, 4.69) is 10.3 Å². The third kappa shape index (κ3) is 3.07. The summed E-state index contributed by atoms with van der Waals surface area (Å²) in [7, 11) is -3.75. The lowest BCUT2D eigenvalue weighted by Crippen LogP contribution is -2.13. The van der Waals surface area contributed by atoms with Gasteiger partial charge in [0, 0.05) is 11.9 Å². The molecule has 2 aromatic rings. The molecule has 2 aromatic carbocycles. The number of fused-ring (bicyclic) bond motifs is 1. The third-order valence-corrected chi connectivity index (χ3v) is 4.69. The molecule has 0 aromatic heterocycles. The molecular weight excluding hydrogens is 330 g/mol. The number of primary sulfonamides is 1. The van der Waals surface area contributed by atoms with Crippen LogP contribution < -0.4 is 10.5 Å². The van der Waals surface area contributed by atoms with Gasteiger partial charge < -0.3 is 10.4 Å². The molecule has 0 saturated heterocycles. The van der Waals surface area contributed by atoms with Crippen molar-refractivity contribution in [3.8, 4) is 0 Å². The first-order valence-corrected chi connectivity index (χ1v) is 8.65. The molecule has 1 aliphatic heterocycles. The van der Waals surface area contributed by atoms with Gasteiger partial charge in [-0.25, -0.2) is 13.6 Å². The van der Waals surface area contributed by atoms with Gasteiger partial charge in [-0.15, -0.1) is 0 Å². The number of nitrogens with two attached hydrogens (primary N) is 1. The molecule has 0 spiro atoms. The van der Waals surface area contributed by atoms with E-state index >= 15 is 0 Å². The zero-order valence-electron chi connectivity index (χ0n) is 12.5. The minimum atomic E-state index is -3.75. The number of sulfonamides is 1. The SMILES string of the molecule is NS(=O)(=O)c1ccc(N=CC2C(=O)Nc3cccc(CO)c32)cc1. The highest BCUT2D eigenvalue weighted by atomic mass is 32.2. The molecule has 8 heteroatoms. The van der Waals surface area contributed by atoms with Gasteiger partial charge in [-0.05, 0) is 41.5 Å². The molecule has 4 N–H and O–H groups in total. The molecule has 1 amide bonds. The molecule has 0 bridgehead atoms. The Morgan fingerprint density at radius 3 is 2.54 bits per heavy atom. The number of aliphatic hydroxyl groups excluding tert-OH is 1. The highest BCUT2D eigenvalue weighted by Gasteiger charge is 2.31. The van der Waals surface area contributed by atoms with Crippen LogP contribution >= 0.6 is 0 Å². The van der Waals surface area contributed by atoms with Crippen LogP contribution in [0, 0.1) is 0 Å². The predicted octanol–water partition coefficient (Wildman–Crippen LogP) is 1.26. The summed E-state index contributed by atoms with van der Waals surface area (Å²) >= 11 is 0. The molecule has 7 nitrogen and oxygen atoms in total. The second-order valence-electron chi connectivity index (χ2n) is 5.32. The number of amides is 1. The summed E-state index contributed by atoms with van der Waals surface area (Å²) < 4.78 is 22.4. The van der Waals surface area contributed by atoms with E-state index in [-0.39, 0.29) is 17.4 Å². The quantitative estimate of drug-likeness (QED) is 0.722. The molecule has 1 heterocycles. The van der Waals surface area contributed by atoms with E-state index in [1.54, 1.807) is 18.2 Å². The van der Waals surface area contributed by atoms with Gasteiger partial charge in [0.05, 0.1) is 17.2 Å². The maximum absolute atomic E-state index is 12.1. The predicted molar refractivity (Wildman–Crippen MR) is 89.7 cm³/mol. The van der Waals surface area contributed by atoms with Crippen LogP contribution in [-0.2, 0) is 21.4 Å². The lowest BCUT2D eigenvalue weighted by Gasteiger charge is -2.07. The number of anilines is 1. The van der Waals surface area contributed by atoms with Crippen LogP contribution in [0.4, 0.5) is 11.4 Å². The van der Waals surface area contributed by atoms with Crippen LogP contribution in [0.15, 0.2) is 52.4 Å². The normalized spacial score (nSPS) is 17.1. The van der Waals surface area contributed by atoms with E-state index in [1.165, 1.54) is 30.5 Å². The van der Waals surface area contributed by atoms with Gasteiger partial charge in [0.25, 0.3) is 0 Å². The highest BCUT2D eigenvalue weighted by Crippen LogP contribution is 2.34. The van der Waals surface area contributed by atoms with Gasteiger partial charge >= 0.3 is 0 Å². The number of hydrogen-bond acceptors (Lipinski definition) is 5. The van der Waals surface area contributed by atoms with Crippen molar-refractivity contribution in [1.29, 1.82) is 0 Å². The Morgan fingerprint density at radius 2 is 1.92 bits per heavy atom. The van der Waals surface area contributed by atoms with E-state index in [4.69, 9.17) is 5.14 Å². The maximum Gasteiger partial charge on any atom is 0.238 e. The van der Waals surface area contributed by atoms with Crippen molar-refractivity contribution in [3.63, 3.8) is 0 Å². The van der Waals surface area contributed by atoms with Crippen LogP contribution in [0.25, 0.3) is 0 Å². The van der Waals surface area contributed by atoms with Gasteiger partial charge in [0.2, 0.25) is 15.9 Å². The van der Waals surface area contributed by atoms with E-state index in [0.717, 1.165) is 0 Å². The monoisotopic (exact) mass is 345 g/mol. The fourth-order valence-corrected chi connectivity index (χ4v) is 3.11. The van der Waals surface area contributed by atoms with Crippen LogP contribution in [0.2, 0.25) is 0 Å². The molecule has 0 aliphatic carbocycles. The number of benzene rings is 2. The van der Waals surface area contributed by atoms with E-state index in [9.17, 15) is 18.3 Å². The number of carbonyl (C=O) groups is 1. The molecule has 0 saturated carbocycles. The number of aliphatic imine (C=N–C) groups is 1. The van der Waals surface area contributed by atoms with E-state index in [0.29, 0.717) is 22.5 Å². The van der Waals surface area contributed by atoms with Crippen molar-refractivity contribution in [1.82, 2.24) is 0 Å². The Labute approximate surface area is 138 Å². The van der Waals surface area contributed by atoms with Gasteiger partial charge in [0.15, 0.2) is 0 Å². The van der Waals surface area contributed by atoms with Crippen molar-refractivity contribution < 1.29 is 18.3 Å². The summed E-state index contributed by atoms with van der Waals surface area (Å²) in [6, 6.07) is 11.0. The molecule has 24 heavy (non-hydrogen) atoms. The Bertz CT molecular complexity index is 921. The summed E-state index contributed by atoms with van der Waals surface area (Å²) in [5.74, 6) is -0.836. The Balaban J connectivity index is 1.90. The Morgan fingerprint density at radius 1 is 1.21 bits per heavy atom. The summed E-state index contributed by atoms with van der Waals surface area (Å²) in [5, 5.41) is 17.2. The van der Waals surface area contributed by atoms with Crippen molar-refractivity contribution in [2.24, 2.45) is 10.1 Å². The highest BCUT2D eigenvalue weighted by molar-refractivity contribution is 7.89. The average Bonchev–Trinajstić information content (AvgIpc) is 2.87. The second kappa shape index (κ2) is 6.16. The number of nitrogens with one attached hydrogen (secondary N) is 1. The van der Waals surface area contributed by atoms with Crippen LogP contribution in [0.5, 0.6) is 0 Å². The zero-order valence-corrected chi connectivity index (χ0v) is 13.3. The lowest BCUT2D eigenvalue weighted by atomic mass is 9.96. The van der Waals surface area contributed by atoms with Crippen molar-refractivity contribution in [2.75, 3.05) is 5.32 Å². The van der Waals surface area contributed by atoms with Gasteiger partial charge in [0.1, 0.15) is 5.92 Å². The fraction of sp³-hybridized carbons (Fsp3) is 0.125. The molecule has 124 valence electrons. The number of hydrogen-bond donors (Lipinski definition) is 3. The largest absolute Gasteiger partial charge is 0.392 e. The smallest absolute Gasteiger partial charge is 0.238 e. The van der Waals surface area contributed by atoms with Crippen molar-refractivity contribution in [2.45, 2.75) is 17.4 Å². The summed E-state index contributed by atoms with van der Waals surface area (Å²) in [5.41, 5.74) is 2.51. The topological polar surface area (TPSA) is 122 Å². The van der Waals surface area contributed by atoms with E-state index < -0.39 is 15.9 Å². The molecular formula is C16H15N3O4S. The fourth-order valence-electron chi connectivity index (χ4n) is 2.59. The summed E-state index contributed by atoms with van der Waals surface area (Å²) in [6.07, 6.45) is 1.48. The minimum Gasteiger partial charge on any atom is -0.392 e. The first-order chi connectivity index (χ1) is 11.4. The number of aliphatic hydroxyl groups is 1. The van der Waals surface area contributed by atoms with Crippen molar-refractivity contribution >= 4 is 33.5 Å². The third-order valence-electron chi connectivity index (χ3n) is 3.76. The molecule has 0 radical (unpaired) electrons. The van der Waals surface area contributed by atoms with E-state index in [1.807, 2.05) is 0 Å². The first kappa shape index (κ1) is 16.3. The van der Waals surface area contributed by atoms with Gasteiger partial charge in [-0.1, -0.05) is 12.1 Å². The minimum absolute atomic E-state index is 0.00651. The van der Waals surface area contributed by atoms with Crippen LogP contribution in [0.1, 0.15) is 17.0 Å². The summed E-state index contributed by atoms with van der Waals surface area (Å²) in [4.78, 5) is 16.4. The Hall–Kier alpha value is -2.55. The molecule has 1 unspecified atom stereocenters. The first-order valence-electron chi connectivity index (χ1n) is 7.10. The van der Waals surface area contributed by atoms with Crippen LogP contribution in [0.3, 0.4) is 0 Å². The molecule has 3 rings (SSSR count). The summed E-state index contributed by atoms with van der Waals surface area (Å²) in [6.45, 7) is -0.175. The number of rotatable bonds is 4. The van der Waals surface area contributed by atoms with Gasteiger partial charge in [-0.2, -0.15) is 0 Å². The van der Waals surface area contributed by atoms with Crippen LogP contribution in [-0.4, -0.2) is 25.6 Å². The average molecular weight is 345 g/mol. The number of carbonyl (C=O) groups excluding carboxylic acids is 1. The number of nitrogens with zero attached hydrogens (tertiary/aromatic N) is 1. The maximum atomic E-state index is 12.1.